The first-order valence-corrected chi connectivity index (χ1v) is 5.33. The molecule has 1 aromatic heterocycles. The van der Waals surface area contributed by atoms with E-state index in [4.69, 9.17) is 22.1 Å². The number of aromatic nitrogens is 1. The molecule has 0 aliphatic carbocycles. The van der Waals surface area contributed by atoms with E-state index in [9.17, 15) is 0 Å². The monoisotopic (exact) mass is 236 g/mol. The van der Waals surface area contributed by atoms with Crippen molar-refractivity contribution in [2.45, 2.75) is 13.8 Å². The molecule has 0 aliphatic rings. The first-order valence-electron chi connectivity index (χ1n) is 4.95. The summed E-state index contributed by atoms with van der Waals surface area (Å²) in [7, 11) is 1.61. The van der Waals surface area contributed by atoms with Gasteiger partial charge < -0.3 is 10.5 Å². The van der Waals surface area contributed by atoms with Gasteiger partial charge in [-0.25, -0.2) is 0 Å². The quantitative estimate of drug-likeness (QED) is 0.828. The first-order chi connectivity index (χ1) is 7.56. The Kier molecular flexibility index (Phi) is 2.64. The lowest BCUT2D eigenvalue weighted by Crippen LogP contribution is -1.99. The molecule has 0 unspecified atom stereocenters. The molecule has 1 heterocycles. The largest absolute Gasteiger partial charge is 0.496 e. The van der Waals surface area contributed by atoms with Crippen LogP contribution >= 0.6 is 11.6 Å². The molecule has 0 aliphatic heterocycles. The van der Waals surface area contributed by atoms with Gasteiger partial charge >= 0.3 is 0 Å². The number of nitrogen functional groups attached to an aromatic ring is 1. The molecule has 0 radical (unpaired) electrons. The minimum atomic E-state index is 0.589. The van der Waals surface area contributed by atoms with Crippen LogP contribution in [-0.4, -0.2) is 12.1 Å². The van der Waals surface area contributed by atoms with E-state index in [0.29, 0.717) is 22.0 Å². The van der Waals surface area contributed by atoms with Crippen LogP contribution < -0.4 is 10.5 Å². The standard InChI is InChI=1S/C12H13ClN2O/c1-6-7(2)15-12-8(13)4-5-9(16-3)10(12)11(6)14/h4-5H,1-3H3,(H2,14,15). The average Bonchev–Trinajstić information content (AvgIpc) is 2.27. The van der Waals surface area contributed by atoms with E-state index in [1.165, 1.54) is 0 Å². The van der Waals surface area contributed by atoms with E-state index < -0.39 is 0 Å². The summed E-state index contributed by atoms with van der Waals surface area (Å²) >= 11 is 6.11. The fourth-order valence-electron chi connectivity index (χ4n) is 1.72. The third-order valence-electron chi connectivity index (χ3n) is 2.81. The molecule has 0 fully saturated rings. The summed E-state index contributed by atoms with van der Waals surface area (Å²) < 4.78 is 5.28. The smallest absolute Gasteiger partial charge is 0.130 e. The Morgan fingerprint density at radius 1 is 1.31 bits per heavy atom. The molecule has 4 heteroatoms. The van der Waals surface area contributed by atoms with Gasteiger partial charge in [-0.3, -0.25) is 4.98 Å². The lowest BCUT2D eigenvalue weighted by molar-refractivity contribution is 0.420. The minimum absolute atomic E-state index is 0.589. The third-order valence-corrected chi connectivity index (χ3v) is 3.11. The molecule has 0 atom stereocenters. The molecule has 1 aromatic carbocycles. The molecule has 0 saturated heterocycles. The first kappa shape index (κ1) is 11.0. The van der Waals surface area contributed by atoms with Crippen LogP contribution in [-0.2, 0) is 0 Å². The Morgan fingerprint density at radius 3 is 2.62 bits per heavy atom. The van der Waals surface area contributed by atoms with Gasteiger partial charge in [-0.05, 0) is 31.5 Å². The summed E-state index contributed by atoms with van der Waals surface area (Å²) in [5, 5.41) is 1.38. The Labute approximate surface area is 99.2 Å². The second-order valence-electron chi connectivity index (χ2n) is 3.71. The van der Waals surface area contributed by atoms with Crippen molar-refractivity contribution in [3.63, 3.8) is 0 Å². The number of hydrogen-bond donors (Lipinski definition) is 1. The van der Waals surface area contributed by atoms with Crippen molar-refractivity contribution < 1.29 is 4.74 Å². The predicted molar refractivity (Wildman–Crippen MR) is 67.2 cm³/mol. The lowest BCUT2D eigenvalue weighted by Gasteiger charge is -2.12. The van der Waals surface area contributed by atoms with E-state index in [1.807, 2.05) is 13.8 Å². The van der Waals surface area contributed by atoms with Gasteiger partial charge in [0, 0.05) is 11.4 Å². The number of nitrogens with zero attached hydrogens (tertiary/aromatic N) is 1. The fraction of sp³-hybridized carbons (Fsp3) is 0.250. The van der Waals surface area contributed by atoms with Crippen LogP contribution in [0.15, 0.2) is 12.1 Å². The molecule has 0 amide bonds. The maximum Gasteiger partial charge on any atom is 0.130 e. The van der Waals surface area contributed by atoms with Gasteiger partial charge in [-0.15, -0.1) is 0 Å². The number of halogens is 1. The number of hydrogen-bond acceptors (Lipinski definition) is 3. The van der Waals surface area contributed by atoms with Crippen molar-refractivity contribution in [3.05, 3.63) is 28.4 Å². The zero-order chi connectivity index (χ0) is 11.9. The molecular weight excluding hydrogens is 224 g/mol. The van der Waals surface area contributed by atoms with E-state index >= 15 is 0 Å². The highest BCUT2D eigenvalue weighted by Gasteiger charge is 2.13. The number of pyridine rings is 1. The van der Waals surface area contributed by atoms with E-state index in [1.54, 1.807) is 19.2 Å². The molecule has 3 nitrogen and oxygen atoms in total. The highest BCUT2D eigenvalue weighted by Crippen LogP contribution is 2.36. The number of aryl methyl sites for hydroxylation is 1. The van der Waals surface area contributed by atoms with E-state index in [-0.39, 0.29) is 0 Å². The van der Waals surface area contributed by atoms with E-state index in [2.05, 4.69) is 4.98 Å². The summed E-state index contributed by atoms with van der Waals surface area (Å²) in [6, 6.07) is 3.57. The fourth-order valence-corrected chi connectivity index (χ4v) is 1.92. The molecule has 0 saturated carbocycles. The highest BCUT2D eigenvalue weighted by molar-refractivity contribution is 6.35. The SMILES string of the molecule is COc1ccc(Cl)c2nc(C)c(C)c(N)c12. The van der Waals surface area contributed by atoms with Crippen LogP contribution in [0.5, 0.6) is 5.75 Å². The number of fused-ring (bicyclic) bond motifs is 1. The third kappa shape index (κ3) is 1.48. The summed E-state index contributed by atoms with van der Waals surface area (Å²) in [6.07, 6.45) is 0. The number of benzene rings is 1. The van der Waals surface area contributed by atoms with E-state index in [0.717, 1.165) is 16.6 Å². The molecule has 2 N–H and O–H groups in total. The van der Waals surface area contributed by atoms with Crippen LogP contribution in [0.3, 0.4) is 0 Å². The maximum absolute atomic E-state index is 6.11. The van der Waals surface area contributed by atoms with Crippen molar-refractivity contribution in [1.29, 1.82) is 0 Å². The number of nitrogens with two attached hydrogens (primary N) is 1. The summed E-state index contributed by atoms with van der Waals surface area (Å²) in [5.41, 5.74) is 9.32. The molecule has 2 aromatic rings. The van der Waals surface area contributed by atoms with Gasteiger partial charge in [-0.1, -0.05) is 11.6 Å². The minimum Gasteiger partial charge on any atom is -0.496 e. The molecular formula is C12H13ClN2O. The average molecular weight is 237 g/mol. The lowest BCUT2D eigenvalue weighted by atomic mass is 10.1. The normalized spacial score (nSPS) is 10.8. The number of anilines is 1. The Hall–Kier alpha value is -1.48. The van der Waals surface area contributed by atoms with Crippen molar-refractivity contribution in [2.75, 3.05) is 12.8 Å². The predicted octanol–water partition coefficient (Wildman–Crippen LogP) is 3.10. The van der Waals surface area contributed by atoms with Gasteiger partial charge in [0.05, 0.1) is 23.0 Å². The van der Waals surface area contributed by atoms with Crippen molar-refractivity contribution in [2.24, 2.45) is 0 Å². The van der Waals surface area contributed by atoms with Crippen LogP contribution in [0, 0.1) is 13.8 Å². The van der Waals surface area contributed by atoms with Gasteiger partial charge in [0.2, 0.25) is 0 Å². The number of rotatable bonds is 1. The highest BCUT2D eigenvalue weighted by atomic mass is 35.5. The Morgan fingerprint density at radius 2 is 2.00 bits per heavy atom. The second kappa shape index (κ2) is 3.83. The van der Waals surface area contributed by atoms with Crippen LogP contribution in [0.25, 0.3) is 10.9 Å². The maximum atomic E-state index is 6.11. The topological polar surface area (TPSA) is 48.1 Å². The summed E-state index contributed by atoms with van der Waals surface area (Å²) in [4.78, 5) is 4.45. The summed E-state index contributed by atoms with van der Waals surface area (Å²) in [6.45, 7) is 3.86. The number of methoxy groups -OCH3 is 1. The summed E-state index contributed by atoms with van der Waals surface area (Å²) in [5.74, 6) is 0.701. The number of ether oxygens (including phenoxy) is 1. The van der Waals surface area contributed by atoms with Gasteiger partial charge in [0.15, 0.2) is 0 Å². The molecule has 0 spiro atoms. The van der Waals surface area contributed by atoms with Gasteiger partial charge in [0.1, 0.15) is 5.75 Å². The van der Waals surface area contributed by atoms with Crippen molar-refractivity contribution in [1.82, 2.24) is 4.98 Å². The zero-order valence-electron chi connectivity index (χ0n) is 9.47. The molecule has 84 valence electrons. The van der Waals surface area contributed by atoms with Gasteiger partial charge in [-0.2, -0.15) is 0 Å². The van der Waals surface area contributed by atoms with Crippen LogP contribution in [0.1, 0.15) is 11.3 Å². The molecule has 0 bridgehead atoms. The Bertz CT molecular complexity index is 567. The second-order valence-corrected chi connectivity index (χ2v) is 4.12. The van der Waals surface area contributed by atoms with Crippen LogP contribution in [0.2, 0.25) is 5.02 Å². The van der Waals surface area contributed by atoms with Crippen molar-refractivity contribution in [3.8, 4) is 5.75 Å². The molecule has 2 rings (SSSR count). The van der Waals surface area contributed by atoms with Crippen molar-refractivity contribution >= 4 is 28.2 Å². The van der Waals surface area contributed by atoms with Gasteiger partial charge in [0.25, 0.3) is 0 Å². The Balaban J connectivity index is 2.99. The van der Waals surface area contributed by atoms with Crippen LogP contribution in [0.4, 0.5) is 5.69 Å². The molecule has 16 heavy (non-hydrogen) atoms. The zero-order valence-corrected chi connectivity index (χ0v) is 10.2.